The van der Waals surface area contributed by atoms with Crippen molar-refractivity contribution >= 4 is 27.1 Å². The zero-order valence-corrected chi connectivity index (χ0v) is 19.0. The molecule has 1 aliphatic heterocycles. The molecule has 1 fully saturated rings. The molecule has 1 saturated carbocycles. The smallest absolute Gasteiger partial charge is 0.238 e. The lowest BCUT2D eigenvalue weighted by Gasteiger charge is -2.28. The van der Waals surface area contributed by atoms with Gasteiger partial charge in [0.15, 0.2) is 11.6 Å². The largest absolute Gasteiger partial charge is 0.488 e. The van der Waals surface area contributed by atoms with E-state index in [2.05, 4.69) is 10.0 Å². The van der Waals surface area contributed by atoms with E-state index in [9.17, 15) is 27.4 Å². The van der Waals surface area contributed by atoms with Crippen molar-refractivity contribution in [3.05, 3.63) is 47.5 Å². The molecule has 1 spiro atoms. The van der Waals surface area contributed by atoms with Gasteiger partial charge >= 0.3 is 0 Å². The highest BCUT2D eigenvalue weighted by Crippen LogP contribution is 2.50. The minimum absolute atomic E-state index is 0.188. The second-order valence-electron chi connectivity index (χ2n) is 7.85. The van der Waals surface area contributed by atoms with Gasteiger partial charge in [-0.2, -0.15) is 0 Å². The minimum atomic E-state index is -4.10. The van der Waals surface area contributed by atoms with Crippen LogP contribution in [0.3, 0.4) is 0 Å². The van der Waals surface area contributed by atoms with Crippen molar-refractivity contribution in [1.82, 2.24) is 0 Å². The van der Waals surface area contributed by atoms with Crippen LogP contribution < -0.4 is 14.8 Å². The predicted molar refractivity (Wildman–Crippen MR) is 119 cm³/mol. The second kappa shape index (κ2) is 9.21. The van der Waals surface area contributed by atoms with E-state index < -0.39 is 50.9 Å². The Hall–Kier alpha value is -2.43. The van der Waals surface area contributed by atoms with Gasteiger partial charge in [-0.25, -0.2) is 17.2 Å². The molecule has 4 rings (SSSR count). The number of aryl methyl sites for hydroxylation is 1. The molecule has 7 nitrogen and oxygen atoms in total. The molecule has 1 aliphatic carbocycles. The van der Waals surface area contributed by atoms with E-state index in [1.165, 1.54) is 0 Å². The van der Waals surface area contributed by atoms with Crippen LogP contribution in [0.4, 0.5) is 25.8 Å². The van der Waals surface area contributed by atoms with Crippen molar-refractivity contribution in [2.45, 2.75) is 57.0 Å². The molecule has 4 N–H and O–H groups in total. The van der Waals surface area contributed by atoms with E-state index in [4.69, 9.17) is 4.74 Å². The Kier molecular flexibility index (Phi) is 6.97. The number of aliphatic hydroxyl groups excluding tert-OH is 2. The van der Waals surface area contributed by atoms with E-state index in [0.717, 1.165) is 5.56 Å². The number of hydrogen-bond acceptors (Lipinski definition) is 6. The number of fused-ring (bicyclic) bond motifs is 1. The number of halogens is 2. The Bertz CT molecular complexity index is 1070. The maximum Gasteiger partial charge on any atom is 0.238 e. The summed E-state index contributed by atoms with van der Waals surface area (Å²) in [6.45, 7) is 5.45. The fourth-order valence-corrected chi connectivity index (χ4v) is 5.20. The van der Waals surface area contributed by atoms with Gasteiger partial charge in [-0.1, -0.05) is 31.5 Å². The summed E-state index contributed by atoms with van der Waals surface area (Å²) < 4.78 is 61.6. The van der Waals surface area contributed by atoms with Crippen LogP contribution >= 0.6 is 0 Å². The van der Waals surface area contributed by atoms with E-state index >= 15 is 0 Å². The van der Waals surface area contributed by atoms with Crippen LogP contribution in [-0.4, -0.2) is 42.2 Å². The molecule has 2 aromatic rings. The topological polar surface area (TPSA) is 108 Å². The molecule has 0 radical (unpaired) electrons. The standard InChI is InChI=1S/C20H22F2N2O5S.C2H6/c1-11-2-4-12(5-3-11)23-19-17(22)13(21)8-16-18(19)24-30(27,28)20(6-7-20)9-14(25)15(26)10-29-16;1-2/h2-5,8,14-15,23-26H,6-7,9-10H2,1H3;1-2H3. The van der Waals surface area contributed by atoms with Gasteiger partial charge in [0.25, 0.3) is 0 Å². The van der Waals surface area contributed by atoms with Crippen LogP contribution in [0.5, 0.6) is 5.75 Å². The van der Waals surface area contributed by atoms with Crippen LogP contribution in [0.15, 0.2) is 30.3 Å². The van der Waals surface area contributed by atoms with Crippen molar-refractivity contribution in [3.63, 3.8) is 0 Å². The maximum atomic E-state index is 14.8. The molecule has 176 valence electrons. The summed E-state index contributed by atoms with van der Waals surface area (Å²) in [6.07, 6.45) is -2.34. The van der Waals surface area contributed by atoms with E-state index in [1.807, 2.05) is 20.8 Å². The lowest BCUT2D eigenvalue weighted by Crippen LogP contribution is -2.41. The van der Waals surface area contributed by atoms with Gasteiger partial charge in [0.05, 0.1) is 10.9 Å². The first-order valence-corrected chi connectivity index (χ1v) is 12.0. The SMILES string of the molecule is CC.Cc1ccc(Nc2c(F)c(F)cc3c2NS(=O)(=O)C2(CC2)CC(O)C(O)CO3)cc1. The lowest BCUT2D eigenvalue weighted by atomic mass is 10.1. The molecule has 0 bridgehead atoms. The number of sulfonamides is 1. The van der Waals surface area contributed by atoms with E-state index in [-0.39, 0.29) is 30.7 Å². The van der Waals surface area contributed by atoms with Gasteiger partial charge in [0.2, 0.25) is 10.0 Å². The number of aliphatic hydroxyl groups is 2. The summed E-state index contributed by atoms with van der Waals surface area (Å²) in [5.41, 5.74) is 0.656. The molecule has 10 heteroatoms. The summed E-state index contributed by atoms with van der Waals surface area (Å²) in [6, 6.07) is 7.52. The average molecular weight is 471 g/mol. The number of anilines is 3. The summed E-state index contributed by atoms with van der Waals surface area (Å²) in [7, 11) is -4.10. The fourth-order valence-electron chi connectivity index (χ4n) is 3.48. The Morgan fingerprint density at radius 2 is 1.75 bits per heavy atom. The third-order valence-electron chi connectivity index (χ3n) is 5.55. The zero-order valence-electron chi connectivity index (χ0n) is 18.2. The van der Waals surface area contributed by atoms with Crippen molar-refractivity contribution in [2.24, 2.45) is 0 Å². The molecular formula is C22H28F2N2O5S. The van der Waals surface area contributed by atoms with Gasteiger partial charge in [0.1, 0.15) is 29.8 Å². The third-order valence-corrected chi connectivity index (χ3v) is 7.74. The molecule has 32 heavy (non-hydrogen) atoms. The number of rotatable bonds is 2. The van der Waals surface area contributed by atoms with Gasteiger partial charge in [-0.15, -0.1) is 0 Å². The fraction of sp³-hybridized carbons (Fsp3) is 0.455. The van der Waals surface area contributed by atoms with Crippen molar-refractivity contribution in [3.8, 4) is 5.75 Å². The van der Waals surface area contributed by atoms with Crippen LogP contribution in [0.2, 0.25) is 0 Å². The first kappa shape index (κ1) is 24.2. The first-order valence-electron chi connectivity index (χ1n) is 10.5. The van der Waals surface area contributed by atoms with Crippen molar-refractivity contribution < 1.29 is 32.1 Å². The molecule has 2 aliphatic rings. The van der Waals surface area contributed by atoms with Gasteiger partial charge in [-0.05, 0) is 38.3 Å². The number of nitrogens with one attached hydrogen (secondary N) is 2. The average Bonchev–Trinajstić information content (AvgIpc) is 3.55. The Morgan fingerprint density at radius 1 is 1.12 bits per heavy atom. The lowest BCUT2D eigenvalue weighted by molar-refractivity contribution is -0.0129. The Balaban J connectivity index is 0.00000141. The highest BCUT2D eigenvalue weighted by Gasteiger charge is 2.56. The number of hydrogen-bond donors (Lipinski definition) is 4. The normalized spacial score (nSPS) is 23.0. The number of ether oxygens (including phenoxy) is 1. The second-order valence-corrected chi connectivity index (χ2v) is 9.93. The molecule has 2 unspecified atom stereocenters. The summed E-state index contributed by atoms with van der Waals surface area (Å²) >= 11 is 0. The van der Waals surface area contributed by atoms with Gasteiger partial charge in [0, 0.05) is 11.8 Å². The summed E-state index contributed by atoms with van der Waals surface area (Å²) in [4.78, 5) is 0. The van der Waals surface area contributed by atoms with Crippen molar-refractivity contribution in [2.75, 3.05) is 16.6 Å². The van der Waals surface area contributed by atoms with Crippen LogP contribution in [0, 0.1) is 18.6 Å². The van der Waals surface area contributed by atoms with Gasteiger partial charge < -0.3 is 20.3 Å². The molecule has 0 saturated heterocycles. The molecule has 2 aromatic carbocycles. The van der Waals surface area contributed by atoms with Crippen LogP contribution in [0.1, 0.15) is 38.7 Å². The molecule has 1 heterocycles. The first-order chi connectivity index (χ1) is 15.1. The van der Waals surface area contributed by atoms with Crippen LogP contribution in [0.25, 0.3) is 0 Å². The quantitative estimate of drug-likeness (QED) is 0.532. The maximum absolute atomic E-state index is 14.8. The third kappa shape index (κ3) is 4.67. The highest BCUT2D eigenvalue weighted by molar-refractivity contribution is 7.94. The summed E-state index contributed by atoms with van der Waals surface area (Å²) in [5, 5.41) is 23.0. The zero-order chi connectivity index (χ0) is 23.7. The van der Waals surface area contributed by atoms with E-state index in [1.54, 1.807) is 24.3 Å². The predicted octanol–water partition coefficient (Wildman–Crippen LogP) is 3.82. The summed E-state index contributed by atoms with van der Waals surface area (Å²) in [5.74, 6) is -2.82. The molecule has 0 amide bonds. The van der Waals surface area contributed by atoms with E-state index in [0.29, 0.717) is 11.8 Å². The molecular weight excluding hydrogens is 442 g/mol. The monoisotopic (exact) mass is 470 g/mol. The number of benzene rings is 2. The Morgan fingerprint density at radius 3 is 2.34 bits per heavy atom. The molecule has 2 atom stereocenters. The van der Waals surface area contributed by atoms with Crippen molar-refractivity contribution in [1.29, 1.82) is 0 Å². The highest BCUT2D eigenvalue weighted by atomic mass is 32.2. The Labute approximate surface area is 186 Å². The minimum Gasteiger partial charge on any atom is -0.488 e. The van der Waals surface area contributed by atoms with Crippen LogP contribution in [-0.2, 0) is 10.0 Å². The molecule has 0 aromatic heterocycles. The van der Waals surface area contributed by atoms with Gasteiger partial charge in [-0.3, -0.25) is 4.72 Å².